The van der Waals surface area contributed by atoms with E-state index >= 15 is 0 Å². The summed E-state index contributed by atoms with van der Waals surface area (Å²) < 4.78 is 19.2. The average Bonchev–Trinajstić information content (AvgIpc) is 2.93. The summed E-state index contributed by atoms with van der Waals surface area (Å²) in [6.45, 7) is 0. The number of benzene rings is 1. The van der Waals surface area contributed by atoms with Crippen LogP contribution < -0.4 is 0 Å². The van der Waals surface area contributed by atoms with Crippen LogP contribution in [0.3, 0.4) is 0 Å². The molecule has 0 aliphatic heterocycles. The molecule has 2 aromatic heterocycles. The molecule has 0 unspecified atom stereocenters. The van der Waals surface area contributed by atoms with E-state index in [4.69, 9.17) is 4.42 Å². The Morgan fingerprint density at radius 2 is 2.22 bits per heavy atom. The summed E-state index contributed by atoms with van der Waals surface area (Å²) >= 11 is 0. The highest BCUT2D eigenvalue weighted by molar-refractivity contribution is 5.94. The van der Waals surface area contributed by atoms with Crippen molar-refractivity contribution in [3.8, 4) is 11.6 Å². The van der Waals surface area contributed by atoms with Crippen molar-refractivity contribution in [1.82, 2.24) is 9.55 Å². The molecule has 1 aromatic carbocycles. The molecule has 90 valence electrons. The van der Waals surface area contributed by atoms with Gasteiger partial charge in [-0.1, -0.05) is 0 Å². The van der Waals surface area contributed by atoms with Gasteiger partial charge in [0.1, 0.15) is 17.8 Å². The Morgan fingerprint density at radius 3 is 2.89 bits per heavy atom. The first-order valence-electron chi connectivity index (χ1n) is 5.11. The van der Waals surface area contributed by atoms with Crippen LogP contribution in [0.2, 0.25) is 0 Å². The zero-order valence-electron chi connectivity index (χ0n) is 9.00. The van der Waals surface area contributed by atoms with Crippen molar-refractivity contribution in [1.29, 1.82) is 0 Å². The Hall–Kier alpha value is -2.63. The van der Waals surface area contributed by atoms with Crippen LogP contribution in [-0.2, 0) is 0 Å². The number of nitrogens with zero attached hydrogens (tertiary/aromatic N) is 2. The molecular formula is C12H7FN2O3. The molecule has 18 heavy (non-hydrogen) atoms. The van der Waals surface area contributed by atoms with E-state index in [1.165, 1.54) is 36.7 Å². The molecule has 6 heteroatoms. The highest BCUT2D eigenvalue weighted by Gasteiger charge is 2.18. The minimum atomic E-state index is -1.18. The van der Waals surface area contributed by atoms with Gasteiger partial charge in [0.15, 0.2) is 0 Å². The predicted molar refractivity (Wildman–Crippen MR) is 60.8 cm³/mol. The average molecular weight is 246 g/mol. The summed E-state index contributed by atoms with van der Waals surface area (Å²) in [5.74, 6) is -0.252. The van der Waals surface area contributed by atoms with E-state index in [9.17, 15) is 14.3 Å². The van der Waals surface area contributed by atoms with Gasteiger partial charge in [-0.15, -0.1) is 0 Å². The lowest BCUT2D eigenvalue weighted by Crippen LogP contribution is -2.09. The lowest BCUT2D eigenvalue weighted by Gasteiger charge is -2.01. The zero-order valence-corrected chi connectivity index (χ0v) is 9.00. The van der Waals surface area contributed by atoms with E-state index in [0.29, 0.717) is 10.9 Å². The van der Waals surface area contributed by atoms with Gasteiger partial charge in [0, 0.05) is 5.39 Å². The second-order valence-electron chi connectivity index (χ2n) is 3.69. The van der Waals surface area contributed by atoms with E-state index in [-0.39, 0.29) is 11.6 Å². The Labute approximate surface area is 100 Å². The fourth-order valence-corrected chi connectivity index (χ4v) is 1.90. The van der Waals surface area contributed by atoms with Crippen molar-refractivity contribution in [3.63, 3.8) is 0 Å². The molecular weight excluding hydrogens is 239 g/mol. The van der Waals surface area contributed by atoms with Crippen molar-refractivity contribution in [2.24, 2.45) is 0 Å². The Kier molecular flexibility index (Phi) is 2.16. The van der Waals surface area contributed by atoms with Crippen molar-refractivity contribution < 1.29 is 18.7 Å². The zero-order chi connectivity index (χ0) is 12.7. The molecule has 3 rings (SSSR count). The summed E-state index contributed by atoms with van der Waals surface area (Å²) in [6.07, 6.45) is 1.59. The number of rotatable bonds is 1. The van der Waals surface area contributed by atoms with Gasteiger partial charge >= 0.3 is 6.09 Å². The number of halogens is 1. The fraction of sp³-hybridized carbons (Fsp3) is 0. The first-order valence-corrected chi connectivity index (χ1v) is 5.11. The van der Waals surface area contributed by atoms with Crippen molar-refractivity contribution in [2.75, 3.05) is 0 Å². The maximum Gasteiger partial charge on any atom is 0.416 e. The summed E-state index contributed by atoms with van der Waals surface area (Å²) in [5.41, 5.74) is 0.658. The van der Waals surface area contributed by atoms with E-state index < -0.39 is 11.9 Å². The molecule has 0 saturated heterocycles. The first-order chi connectivity index (χ1) is 8.66. The fourth-order valence-electron chi connectivity index (χ4n) is 1.90. The van der Waals surface area contributed by atoms with Crippen LogP contribution in [0, 0.1) is 5.82 Å². The van der Waals surface area contributed by atoms with Crippen LogP contribution in [0.5, 0.6) is 0 Å². The summed E-state index contributed by atoms with van der Waals surface area (Å²) in [7, 11) is 0. The molecule has 0 atom stereocenters. The molecule has 0 bridgehead atoms. The number of fused-ring (bicyclic) bond motifs is 1. The second-order valence-corrected chi connectivity index (χ2v) is 3.69. The van der Waals surface area contributed by atoms with Crippen molar-refractivity contribution in [2.45, 2.75) is 0 Å². The molecule has 0 saturated carbocycles. The lowest BCUT2D eigenvalue weighted by molar-refractivity contribution is 0.197. The van der Waals surface area contributed by atoms with Gasteiger partial charge < -0.3 is 9.52 Å². The highest BCUT2D eigenvalue weighted by Crippen LogP contribution is 2.27. The monoisotopic (exact) mass is 246 g/mol. The van der Waals surface area contributed by atoms with Gasteiger partial charge in [-0.25, -0.2) is 18.7 Å². The van der Waals surface area contributed by atoms with E-state index in [0.717, 1.165) is 4.57 Å². The molecule has 0 aliphatic carbocycles. The van der Waals surface area contributed by atoms with Crippen LogP contribution >= 0.6 is 0 Å². The lowest BCUT2D eigenvalue weighted by atomic mass is 10.2. The standard InChI is InChI=1S/C12H7FN2O3/c13-8-1-2-9-7(5-8)6-10(15(9)12(16)17)11-14-3-4-18-11/h1-6H,(H,16,17). The third-order valence-corrected chi connectivity index (χ3v) is 2.61. The van der Waals surface area contributed by atoms with Crippen LogP contribution in [0.4, 0.5) is 9.18 Å². The normalized spacial score (nSPS) is 10.9. The number of carboxylic acid groups (broad SMARTS) is 1. The molecule has 0 spiro atoms. The molecule has 0 aliphatic rings. The van der Waals surface area contributed by atoms with E-state index in [1.54, 1.807) is 0 Å². The third-order valence-electron chi connectivity index (χ3n) is 2.61. The first kappa shape index (κ1) is 10.5. The highest BCUT2D eigenvalue weighted by atomic mass is 19.1. The Bertz CT molecular complexity index is 731. The van der Waals surface area contributed by atoms with Gasteiger partial charge in [-0.3, -0.25) is 0 Å². The molecule has 2 heterocycles. The van der Waals surface area contributed by atoms with Gasteiger partial charge in [0.2, 0.25) is 5.89 Å². The predicted octanol–water partition coefficient (Wildman–Crippen LogP) is 2.96. The molecule has 1 N–H and O–H groups in total. The topological polar surface area (TPSA) is 68.3 Å². The summed E-state index contributed by atoms with van der Waals surface area (Å²) in [6, 6.07) is 5.41. The molecule has 0 radical (unpaired) electrons. The van der Waals surface area contributed by atoms with Crippen molar-refractivity contribution in [3.05, 3.63) is 42.5 Å². The summed E-state index contributed by atoms with van der Waals surface area (Å²) in [5, 5.41) is 9.70. The third kappa shape index (κ3) is 1.46. The minimum Gasteiger partial charge on any atom is -0.464 e. The minimum absolute atomic E-state index is 0.175. The maximum atomic E-state index is 13.1. The summed E-state index contributed by atoms with van der Waals surface area (Å²) in [4.78, 5) is 15.2. The SMILES string of the molecule is O=C(O)n1c(-c2ncco2)cc2cc(F)ccc21. The van der Waals surface area contributed by atoms with Gasteiger partial charge in [0.05, 0.1) is 11.7 Å². The van der Waals surface area contributed by atoms with Crippen LogP contribution in [0.25, 0.3) is 22.5 Å². The number of aromatic nitrogens is 2. The number of hydrogen-bond acceptors (Lipinski definition) is 3. The molecule has 0 fully saturated rings. The van der Waals surface area contributed by atoms with Crippen LogP contribution in [0.15, 0.2) is 41.1 Å². The van der Waals surface area contributed by atoms with Crippen LogP contribution in [-0.4, -0.2) is 20.8 Å². The second kappa shape index (κ2) is 3.69. The Balaban J connectivity index is 2.37. The quantitative estimate of drug-likeness (QED) is 0.716. The van der Waals surface area contributed by atoms with Crippen LogP contribution in [0.1, 0.15) is 0 Å². The molecule has 3 aromatic rings. The van der Waals surface area contributed by atoms with E-state index in [2.05, 4.69) is 4.98 Å². The smallest absolute Gasteiger partial charge is 0.416 e. The van der Waals surface area contributed by atoms with E-state index in [1.807, 2.05) is 0 Å². The van der Waals surface area contributed by atoms with Gasteiger partial charge in [0.25, 0.3) is 0 Å². The van der Waals surface area contributed by atoms with Crippen molar-refractivity contribution >= 4 is 17.0 Å². The molecule has 5 nitrogen and oxygen atoms in total. The maximum absolute atomic E-state index is 13.1. The number of hydrogen-bond donors (Lipinski definition) is 1. The van der Waals surface area contributed by atoms with Gasteiger partial charge in [-0.05, 0) is 24.3 Å². The van der Waals surface area contributed by atoms with Gasteiger partial charge in [-0.2, -0.15) is 0 Å². The number of oxazole rings is 1. The Morgan fingerprint density at radius 1 is 1.39 bits per heavy atom. The number of carbonyl (C=O) groups is 1. The molecule has 0 amide bonds. The largest absolute Gasteiger partial charge is 0.464 e.